The van der Waals surface area contributed by atoms with E-state index in [1.807, 2.05) is 21.1 Å². The van der Waals surface area contributed by atoms with Gasteiger partial charge >= 0.3 is 0 Å². The Kier molecular flexibility index (Phi) is 8.95. The molecule has 1 unspecified atom stereocenters. The number of nitrogens with one attached hydrogen (secondary N) is 2. The number of amides is 1. The molecule has 0 bridgehead atoms. The van der Waals surface area contributed by atoms with Gasteiger partial charge in [0, 0.05) is 40.8 Å². The highest BCUT2D eigenvalue weighted by Gasteiger charge is 2.30. The minimum atomic E-state index is 0.0752. The Hall–Kier alpha value is -1.56. The molecule has 1 saturated heterocycles. The van der Waals surface area contributed by atoms with Crippen molar-refractivity contribution in [3.8, 4) is 0 Å². The van der Waals surface area contributed by atoms with E-state index in [2.05, 4.69) is 26.6 Å². The fourth-order valence-electron chi connectivity index (χ4n) is 3.85. The quantitative estimate of drug-likeness (QED) is 0.300. The second-order valence-electron chi connectivity index (χ2n) is 7.56. The van der Waals surface area contributed by atoms with Crippen LogP contribution in [0.2, 0.25) is 0 Å². The molecule has 0 radical (unpaired) electrons. The summed E-state index contributed by atoms with van der Waals surface area (Å²) in [6.45, 7) is 3.81. The highest BCUT2D eigenvalue weighted by atomic mass is 16.2. The molecule has 6 nitrogen and oxygen atoms in total. The van der Waals surface area contributed by atoms with Crippen LogP contribution >= 0.6 is 0 Å². The van der Waals surface area contributed by atoms with Crippen LogP contribution in [-0.4, -0.2) is 75.0 Å². The van der Waals surface area contributed by atoms with Gasteiger partial charge in [0.15, 0.2) is 5.96 Å². The maximum absolute atomic E-state index is 12.2. The molecular weight excluding hydrogens is 326 g/mol. The smallest absolute Gasteiger partial charge is 0.239 e. The number of carbonyl (C=O) groups is 1. The van der Waals surface area contributed by atoms with Crippen LogP contribution in [0.4, 0.5) is 0 Å². The summed E-state index contributed by atoms with van der Waals surface area (Å²) in [5.74, 6) is 1.12. The summed E-state index contributed by atoms with van der Waals surface area (Å²) < 4.78 is 0. The minimum Gasteiger partial charge on any atom is -0.356 e. The van der Waals surface area contributed by atoms with Gasteiger partial charge in [-0.25, -0.2) is 0 Å². The molecule has 2 rings (SSSR count). The lowest BCUT2D eigenvalue weighted by Crippen LogP contribution is -2.44. The number of allylic oxidation sites excluding steroid dienone is 1. The van der Waals surface area contributed by atoms with Crippen LogP contribution < -0.4 is 10.6 Å². The Labute approximate surface area is 159 Å². The number of likely N-dealkylation sites (N-methyl/N-ethyl adjacent to an activating group) is 1. The van der Waals surface area contributed by atoms with Crippen LogP contribution in [0.25, 0.3) is 0 Å². The Morgan fingerprint density at radius 3 is 2.77 bits per heavy atom. The highest BCUT2D eigenvalue weighted by Crippen LogP contribution is 2.19. The average molecular weight is 364 g/mol. The molecule has 1 fully saturated rings. The van der Waals surface area contributed by atoms with E-state index in [9.17, 15) is 4.79 Å². The number of hydrogen-bond acceptors (Lipinski definition) is 3. The summed E-state index contributed by atoms with van der Waals surface area (Å²) in [6, 6.07) is 0.0752. The van der Waals surface area contributed by atoms with Crippen molar-refractivity contribution < 1.29 is 4.79 Å². The molecule has 0 aromatic heterocycles. The third kappa shape index (κ3) is 6.63. The standard InChI is InChI=1S/C20H37N5O/c1-21-20(23-14-12-17-9-5-4-6-10-17)22-13-8-16-25-15-7-11-18(25)19(26)24(2)3/h9,18H,4-8,10-16H2,1-3H3,(H2,21,22,23). The largest absolute Gasteiger partial charge is 0.356 e. The molecule has 1 heterocycles. The van der Waals surface area contributed by atoms with E-state index in [-0.39, 0.29) is 11.9 Å². The van der Waals surface area contributed by atoms with Crippen molar-refractivity contribution in [3.05, 3.63) is 11.6 Å². The van der Waals surface area contributed by atoms with Gasteiger partial charge in [0.2, 0.25) is 5.91 Å². The lowest BCUT2D eigenvalue weighted by atomic mass is 9.97. The molecule has 148 valence electrons. The van der Waals surface area contributed by atoms with E-state index in [1.165, 1.54) is 25.7 Å². The van der Waals surface area contributed by atoms with E-state index < -0.39 is 0 Å². The molecule has 2 N–H and O–H groups in total. The second-order valence-corrected chi connectivity index (χ2v) is 7.56. The maximum Gasteiger partial charge on any atom is 0.239 e. The normalized spacial score (nSPS) is 21.4. The van der Waals surface area contributed by atoms with Crippen molar-refractivity contribution in [2.75, 3.05) is 47.3 Å². The molecule has 0 aromatic carbocycles. The summed E-state index contributed by atoms with van der Waals surface area (Å²) in [4.78, 5) is 20.6. The topological polar surface area (TPSA) is 60.0 Å². The van der Waals surface area contributed by atoms with Crippen molar-refractivity contribution in [2.24, 2.45) is 4.99 Å². The fourth-order valence-corrected chi connectivity index (χ4v) is 3.85. The van der Waals surface area contributed by atoms with E-state index >= 15 is 0 Å². The van der Waals surface area contributed by atoms with Gasteiger partial charge in [-0.15, -0.1) is 0 Å². The molecule has 1 atom stereocenters. The third-order valence-corrected chi connectivity index (χ3v) is 5.35. The van der Waals surface area contributed by atoms with Crippen molar-refractivity contribution in [1.82, 2.24) is 20.4 Å². The van der Waals surface area contributed by atoms with Crippen LogP contribution in [0.5, 0.6) is 0 Å². The first-order valence-electron chi connectivity index (χ1n) is 10.2. The van der Waals surface area contributed by atoms with Gasteiger partial charge in [-0.2, -0.15) is 0 Å². The Morgan fingerprint density at radius 2 is 2.08 bits per heavy atom. The van der Waals surface area contributed by atoms with Crippen molar-refractivity contribution in [3.63, 3.8) is 0 Å². The van der Waals surface area contributed by atoms with E-state index in [0.29, 0.717) is 0 Å². The molecule has 1 aliphatic carbocycles. The van der Waals surface area contributed by atoms with Gasteiger partial charge in [0.05, 0.1) is 6.04 Å². The summed E-state index contributed by atoms with van der Waals surface area (Å²) in [5, 5.41) is 6.81. The highest BCUT2D eigenvalue weighted by molar-refractivity contribution is 5.81. The Morgan fingerprint density at radius 1 is 1.27 bits per heavy atom. The van der Waals surface area contributed by atoms with Gasteiger partial charge in [-0.05, 0) is 57.9 Å². The third-order valence-electron chi connectivity index (χ3n) is 5.35. The molecular formula is C20H37N5O. The summed E-state index contributed by atoms with van der Waals surface area (Å²) in [6.07, 6.45) is 11.8. The van der Waals surface area contributed by atoms with Gasteiger partial charge < -0.3 is 15.5 Å². The maximum atomic E-state index is 12.2. The van der Waals surface area contributed by atoms with Crippen LogP contribution in [0.3, 0.4) is 0 Å². The van der Waals surface area contributed by atoms with E-state index in [0.717, 1.165) is 57.8 Å². The minimum absolute atomic E-state index is 0.0752. The summed E-state index contributed by atoms with van der Waals surface area (Å²) >= 11 is 0. The molecule has 0 spiro atoms. The molecule has 0 saturated carbocycles. The molecule has 0 aromatic rings. The lowest BCUT2D eigenvalue weighted by molar-refractivity contribution is -0.133. The predicted molar refractivity (Wildman–Crippen MR) is 108 cm³/mol. The fraction of sp³-hybridized carbons (Fsp3) is 0.800. The van der Waals surface area contributed by atoms with E-state index in [4.69, 9.17) is 0 Å². The van der Waals surface area contributed by atoms with Crippen molar-refractivity contribution >= 4 is 11.9 Å². The first kappa shape index (κ1) is 20.7. The van der Waals surface area contributed by atoms with Gasteiger partial charge in [-0.3, -0.25) is 14.7 Å². The number of aliphatic imine (C=N–C) groups is 1. The number of likely N-dealkylation sites (tertiary alicyclic amines) is 1. The summed E-state index contributed by atoms with van der Waals surface area (Å²) in [5.41, 5.74) is 1.59. The van der Waals surface area contributed by atoms with Gasteiger partial charge in [-0.1, -0.05) is 11.6 Å². The van der Waals surface area contributed by atoms with Gasteiger partial charge in [0.25, 0.3) is 0 Å². The second kappa shape index (κ2) is 11.2. The zero-order chi connectivity index (χ0) is 18.8. The number of guanidine groups is 1. The first-order chi connectivity index (χ1) is 12.6. The zero-order valence-electron chi connectivity index (χ0n) is 16.9. The van der Waals surface area contributed by atoms with Crippen molar-refractivity contribution in [1.29, 1.82) is 0 Å². The molecule has 1 aliphatic heterocycles. The SMILES string of the molecule is CN=C(NCCCN1CCCC1C(=O)N(C)C)NCCC1=CCCCC1. The van der Waals surface area contributed by atoms with Crippen molar-refractivity contribution in [2.45, 2.75) is 57.4 Å². The monoisotopic (exact) mass is 363 g/mol. The molecule has 6 heteroatoms. The average Bonchev–Trinajstić information content (AvgIpc) is 3.12. The zero-order valence-corrected chi connectivity index (χ0v) is 16.9. The number of hydrogen-bond donors (Lipinski definition) is 2. The van der Waals surface area contributed by atoms with Crippen LogP contribution in [-0.2, 0) is 4.79 Å². The molecule has 1 amide bonds. The predicted octanol–water partition coefficient (Wildman–Crippen LogP) is 1.98. The van der Waals surface area contributed by atoms with Crippen LogP contribution in [0.15, 0.2) is 16.6 Å². The van der Waals surface area contributed by atoms with E-state index in [1.54, 1.807) is 10.5 Å². The molecule has 26 heavy (non-hydrogen) atoms. The Balaban J connectivity index is 1.61. The van der Waals surface area contributed by atoms with Crippen LogP contribution in [0.1, 0.15) is 51.4 Å². The summed E-state index contributed by atoms with van der Waals surface area (Å²) in [7, 11) is 5.51. The number of carbonyl (C=O) groups excluding carboxylic acids is 1. The number of rotatable bonds is 8. The van der Waals surface area contributed by atoms with Gasteiger partial charge in [0.1, 0.15) is 0 Å². The van der Waals surface area contributed by atoms with Crippen LogP contribution in [0, 0.1) is 0 Å². The Bertz CT molecular complexity index is 500. The first-order valence-corrected chi connectivity index (χ1v) is 10.2. The number of nitrogens with zero attached hydrogens (tertiary/aromatic N) is 3. The molecule has 2 aliphatic rings. The lowest BCUT2D eigenvalue weighted by Gasteiger charge is -2.26.